The average molecular weight is 179 g/mol. The Morgan fingerprint density at radius 1 is 1.55 bits per heavy atom. The molecular formula is C6H13NO3S. The summed E-state index contributed by atoms with van der Waals surface area (Å²) in [7, 11) is -1.10. The molecular weight excluding hydrogens is 166 g/mol. The summed E-state index contributed by atoms with van der Waals surface area (Å²) in [5.74, 6) is 0. The van der Waals surface area contributed by atoms with Crippen LogP contribution in [0, 0.1) is 5.41 Å². The van der Waals surface area contributed by atoms with Crippen molar-refractivity contribution in [2.24, 2.45) is 0 Å². The lowest BCUT2D eigenvalue weighted by Crippen LogP contribution is -2.32. The van der Waals surface area contributed by atoms with Crippen molar-refractivity contribution in [3.05, 3.63) is 0 Å². The molecule has 0 heterocycles. The van der Waals surface area contributed by atoms with Crippen LogP contribution in [0.3, 0.4) is 0 Å². The third-order valence-corrected chi connectivity index (χ3v) is 2.39. The monoisotopic (exact) mass is 179 g/mol. The van der Waals surface area contributed by atoms with Crippen molar-refractivity contribution in [1.82, 2.24) is 0 Å². The quantitative estimate of drug-likeness (QED) is 0.473. The van der Waals surface area contributed by atoms with Gasteiger partial charge in [0.25, 0.3) is 0 Å². The normalized spacial score (nSPS) is 16.4. The molecule has 0 saturated heterocycles. The molecule has 0 aromatic heterocycles. The van der Waals surface area contributed by atoms with Gasteiger partial charge in [-0.25, -0.2) is 8.42 Å². The summed E-state index contributed by atoms with van der Waals surface area (Å²) in [6.45, 7) is 3.06. The number of rotatable bonds is 4. The zero-order valence-electron chi connectivity index (χ0n) is 6.83. The van der Waals surface area contributed by atoms with E-state index >= 15 is 0 Å². The predicted molar refractivity (Wildman–Crippen MR) is 44.0 cm³/mol. The largest absolute Gasteiger partial charge is 0.374 e. The molecule has 0 fully saturated rings. The van der Waals surface area contributed by atoms with Gasteiger partial charge in [-0.05, 0) is 13.8 Å². The predicted octanol–water partition coefficient (Wildman–Crippen LogP) is 0.0410. The fourth-order valence-electron chi connectivity index (χ4n) is 0.846. The van der Waals surface area contributed by atoms with E-state index in [-0.39, 0.29) is 5.71 Å². The lowest BCUT2D eigenvalue weighted by Gasteiger charge is -2.16. The molecule has 0 amide bonds. The summed E-state index contributed by atoms with van der Waals surface area (Å²) in [4.78, 5) is 0. The smallest absolute Gasteiger partial charge is 0.145 e. The molecule has 0 aliphatic rings. The highest BCUT2D eigenvalue weighted by Gasteiger charge is 2.20. The molecule has 0 saturated carbocycles. The summed E-state index contributed by atoms with van der Waals surface area (Å²) in [6, 6.07) is 0. The minimum atomic E-state index is -2.51. The molecule has 0 aromatic rings. The number of methoxy groups -OCH3 is 1. The molecule has 11 heavy (non-hydrogen) atoms. The van der Waals surface area contributed by atoms with E-state index in [1.807, 2.05) is 0 Å². The zero-order chi connectivity index (χ0) is 9.02. The molecule has 0 aliphatic heterocycles. The van der Waals surface area contributed by atoms with Crippen LogP contribution in [0.1, 0.15) is 13.8 Å². The third kappa shape index (κ3) is 2.98. The number of hydrogen-bond donors (Lipinski definition) is 2. The average Bonchev–Trinajstić information content (AvgIpc) is 1.88. The van der Waals surface area contributed by atoms with E-state index in [2.05, 4.69) is 0 Å². The second-order valence-corrected chi connectivity index (χ2v) is 3.75. The molecule has 0 spiro atoms. The van der Waals surface area contributed by atoms with Gasteiger partial charge in [-0.3, -0.25) is 0 Å². The van der Waals surface area contributed by atoms with Gasteiger partial charge in [0.05, 0.1) is 5.25 Å². The van der Waals surface area contributed by atoms with Gasteiger partial charge in [0, 0.05) is 12.8 Å². The van der Waals surface area contributed by atoms with Crippen LogP contribution in [0.25, 0.3) is 0 Å². The highest BCUT2D eigenvalue weighted by atomic mass is 32.2. The van der Waals surface area contributed by atoms with Crippen LogP contribution in [-0.4, -0.2) is 32.6 Å². The first kappa shape index (κ1) is 10.6. The van der Waals surface area contributed by atoms with E-state index in [0.717, 1.165) is 0 Å². The number of hydrogen-bond acceptors (Lipinski definition) is 4. The Hall–Kier alpha value is -0.420. The molecule has 0 rings (SSSR count). The van der Waals surface area contributed by atoms with Gasteiger partial charge in [-0.1, -0.05) is 0 Å². The summed E-state index contributed by atoms with van der Waals surface area (Å²) < 4.78 is 25.8. The van der Waals surface area contributed by atoms with Crippen LogP contribution in [0.15, 0.2) is 0 Å². The van der Waals surface area contributed by atoms with Crippen molar-refractivity contribution in [2.75, 3.05) is 7.11 Å². The van der Waals surface area contributed by atoms with Crippen molar-refractivity contribution in [3.63, 3.8) is 0 Å². The molecule has 4 nitrogen and oxygen atoms in total. The highest BCUT2D eigenvalue weighted by molar-refractivity contribution is 7.73. The molecule has 0 aromatic carbocycles. The third-order valence-electron chi connectivity index (χ3n) is 1.45. The van der Waals surface area contributed by atoms with E-state index in [1.54, 1.807) is 0 Å². The van der Waals surface area contributed by atoms with Crippen molar-refractivity contribution in [3.8, 4) is 0 Å². The lowest BCUT2D eigenvalue weighted by atomic mass is 10.2. The van der Waals surface area contributed by atoms with E-state index < -0.39 is 22.1 Å². The number of thiol groups is 1. The molecule has 0 unspecified atom stereocenters. The van der Waals surface area contributed by atoms with Gasteiger partial charge >= 0.3 is 0 Å². The van der Waals surface area contributed by atoms with Gasteiger partial charge in [-0.15, -0.1) is 0 Å². The maximum absolute atomic E-state index is 10.5. The van der Waals surface area contributed by atoms with E-state index in [0.29, 0.717) is 0 Å². The van der Waals surface area contributed by atoms with Gasteiger partial charge in [0.15, 0.2) is 0 Å². The first-order valence-corrected chi connectivity index (χ1v) is 4.46. The van der Waals surface area contributed by atoms with Crippen LogP contribution in [0.5, 0.6) is 0 Å². The Bertz CT molecular complexity index is 204. The first-order valence-electron chi connectivity index (χ1n) is 3.22. The molecule has 0 bridgehead atoms. The van der Waals surface area contributed by atoms with Crippen LogP contribution in [0.2, 0.25) is 0 Å². The maximum atomic E-state index is 10.5. The Morgan fingerprint density at radius 3 is 2.09 bits per heavy atom. The number of nitrogens with one attached hydrogen (secondary N) is 1. The number of ether oxygens (including phenoxy) is 1. The topological polar surface area (TPSA) is 67.2 Å². The van der Waals surface area contributed by atoms with Crippen molar-refractivity contribution < 1.29 is 13.2 Å². The van der Waals surface area contributed by atoms with E-state index in [1.165, 1.54) is 21.0 Å². The summed E-state index contributed by atoms with van der Waals surface area (Å²) in [6.07, 6.45) is -0.601. The fourth-order valence-corrected chi connectivity index (χ4v) is 1.41. The van der Waals surface area contributed by atoms with Gasteiger partial charge in [-0.2, -0.15) is 0 Å². The second-order valence-electron chi connectivity index (χ2n) is 2.37. The maximum Gasteiger partial charge on any atom is 0.145 e. The van der Waals surface area contributed by atoms with Crippen LogP contribution in [-0.2, 0) is 15.4 Å². The Morgan fingerprint density at radius 2 is 2.00 bits per heavy atom. The van der Waals surface area contributed by atoms with Crippen molar-refractivity contribution >= 4 is 16.4 Å². The molecule has 66 valence electrons. The van der Waals surface area contributed by atoms with Crippen molar-refractivity contribution in [2.45, 2.75) is 25.2 Å². The zero-order valence-corrected chi connectivity index (χ0v) is 7.72. The molecule has 0 aliphatic carbocycles. The summed E-state index contributed by atoms with van der Waals surface area (Å²) >= 11 is 0. The fraction of sp³-hybridized carbons (Fsp3) is 0.833. The van der Waals surface area contributed by atoms with Gasteiger partial charge in [0.1, 0.15) is 16.8 Å². The SMILES string of the molecule is CO[C@H](C(C)=N)[C@H](C)[SH](=O)=O. The summed E-state index contributed by atoms with van der Waals surface area (Å²) in [5.41, 5.74) is 0.235. The van der Waals surface area contributed by atoms with E-state index in [4.69, 9.17) is 10.1 Å². The first-order chi connectivity index (χ1) is 5.00. The van der Waals surface area contributed by atoms with Crippen LogP contribution < -0.4 is 0 Å². The summed E-state index contributed by atoms with van der Waals surface area (Å²) in [5, 5.41) is 6.56. The van der Waals surface area contributed by atoms with Gasteiger partial charge in [0.2, 0.25) is 0 Å². The van der Waals surface area contributed by atoms with Gasteiger partial charge < -0.3 is 10.1 Å². The minimum absolute atomic E-state index is 0.235. The second kappa shape index (κ2) is 4.46. The Labute approximate surface area is 68.0 Å². The molecule has 2 atom stereocenters. The van der Waals surface area contributed by atoms with Crippen molar-refractivity contribution in [1.29, 1.82) is 5.41 Å². The van der Waals surface area contributed by atoms with Crippen LogP contribution in [0.4, 0.5) is 0 Å². The molecule has 1 N–H and O–H groups in total. The Kier molecular flexibility index (Phi) is 4.29. The highest BCUT2D eigenvalue weighted by Crippen LogP contribution is 2.02. The molecule has 0 radical (unpaired) electrons. The van der Waals surface area contributed by atoms with Crippen LogP contribution >= 0.6 is 0 Å². The lowest BCUT2D eigenvalue weighted by molar-refractivity contribution is 0.154. The standard InChI is InChI=1S/C6H13NO3S/c1-4(7)6(10-3)5(2)11(8)9/h5-7,11H,1-3H3/t5-,6+/m0/s1. The van der Waals surface area contributed by atoms with E-state index in [9.17, 15) is 8.42 Å². The Balaban J connectivity index is 4.38. The molecule has 5 heteroatoms. The minimum Gasteiger partial charge on any atom is -0.374 e.